The highest BCUT2D eigenvalue weighted by Crippen LogP contribution is 2.25. The van der Waals surface area contributed by atoms with Crippen LogP contribution in [0.3, 0.4) is 0 Å². The lowest BCUT2D eigenvalue weighted by atomic mass is 10.0. The maximum Gasteiger partial charge on any atom is 0.225 e. The number of unbranched alkanes of at least 4 members (excludes halogenated alkanes) is 30. The molecule has 0 aliphatic heterocycles. The molecule has 6 heteroatoms. The Balaban J connectivity index is 2.26. The number of quaternary nitrogens is 1. The van der Waals surface area contributed by atoms with E-state index < -0.39 is 34.8 Å². The van der Waals surface area contributed by atoms with Crippen LogP contribution in [0.1, 0.15) is 219 Å². The molecular weight excluding hydrogens is 613 g/mol. The summed E-state index contributed by atoms with van der Waals surface area (Å²) in [5.41, 5.74) is -0.673. The van der Waals surface area contributed by atoms with Crippen molar-refractivity contribution >= 4 is 5.69 Å². The van der Waals surface area contributed by atoms with Gasteiger partial charge in [-0.25, -0.2) is 13.2 Å². The lowest BCUT2D eigenvalue weighted by molar-refractivity contribution is -0.835. The van der Waals surface area contributed by atoms with Crippen LogP contribution in [0.5, 0.6) is 0 Å². The highest BCUT2D eigenvalue weighted by molar-refractivity contribution is 5.35. The molecule has 0 atom stereocenters. The summed E-state index contributed by atoms with van der Waals surface area (Å²) in [7, 11) is 0. The van der Waals surface area contributed by atoms with E-state index in [1.165, 1.54) is 154 Å². The summed E-state index contributed by atoms with van der Waals surface area (Å²) in [6.07, 6.45) is 39.4. The van der Waals surface area contributed by atoms with Crippen LogP contribution in [0.15, 0.2) is 0 Å². The molecule has 0 amide bonds. The Hall–Kier alpha value is -1.17. The first kappa shape index (κ1) is 44.9. The highest BCUT2D eigenvalue weighted by atomic mass is 19.2. The number of hydrogen-bond acceptors (Lipinski definition) is 0. The molecule has 0 fully saturated rings. The quantitative estimate of drug-likeness (QED) is 0.0313. The Morgan fingerprint density at radius 3 is 0.688 bits per heavy atom. The molecular formula is C42H75F5N+. The minimum atomic E-state index is -2.07. The summed E-state index contributed by atoms with van der Waals surface area (Å²) in [4.78, 5) is 0.388. The Bertz CT molecular complexity index is 811. The van der Waals surface area contributed by atoms with Crippen LogP contribution in [0.4, 0.5) is 27.6 Å². The summed E-state index contributed by atoms with van der Waals surface area (Å²) in [5.74, 6) is -9.08. The van der Waals surface area contributed by atoms with Crippen LogP contribution in [0.25, 0.3) is 0 Å². The van der Waals surface area contributed by atoms with Gasteiger partial charge < -0.3 is 0 Å². The summed E-state index contributed by atoms with van der Waals surface area (Å²) >= 11 is 0. The van der Waals surface area contributed by atoms with Crippen molar-refractivity contribution in [2.45, 2.75) is 219 Å². The molecule has 0 heterocycles. The molecule has 48 heavy (non-hydrogen) atoms. The van der Waals surface area contributed by atoms with Gasteiger partial charge in [-0.3, -0.25) is 4.90 Å². The molecule has 0 radical (unpaired) electrons. The SMILES string of the molecule is CCCCCCCCCCCCCCCCCC[NH+](CCCCCCCCCCCCCCCCCC)c1c(F)c(F)c(F)c(F)c1F. The van der Waals surface area contributed by atoms with Crippen molar-refractivity contribution < 1.29 is 26.9 Å². The zero-order valence-corrected chi connectivity index (χ0v) is 31.4. The highest BCUT2D eigenvalue weighted by Gasteiger charge is 2.32. The average Bonchev–Trinajstić information content (AvgIpc) is 3.09. The van der Waals surface area contributed by atoms with Crippen molar-refractivity contribution in [1.29, 1.82) is 0 Å². The zero-order valence-electron chi connectivity index (χ0n) is 31.4. The predicted octanol–water partition coefficient (Wildman–Crippen LogP) is 14.4. The van der Waals surface area contributed by atoms with Gasteiger partial charge in [0, 0.05) is 0 Å². The fourth-order valence-electron chi connectivity index (χ4n) is 7.06. The molecule has 0 spiro atoms. The fraction of sp³-hybridized carbons (Fsp3) is 0.857. The average molecular weight is 689 g/mol. The van der Waals surface area contributed by atoms with Crippen molar-refractivity contribution in [2.75, 3.05) is 13.1 Å². The van der Waals surface area contributed by atoms with Crippen LogP contribution in [-0.4, -0.2) is 13.1 Å². The van der Waals surface area contributed by atoms with E-state index in [4.69, 9.17) is 0 Å². The molecule has 0 bridgehead atoms. The van der Waals surface area contributed by atoms with Gasteiger partial charge in [-0.15, -0.1) is 0 Å². The normalized spacial score (nSPS) is 11.8. The number of benzene rings is 1. The molecule has 1 aromatic carbocycles. The molecule has 0 aliphatic rings. The van der Waals surface area contributed by atoms with E-state index in [1.54, 1.807) is 0 Å². The van der Waals surface area contributed by atoms with Crippen LogP contribution < -0.4 is 4.90 Å². The maximum absolute atomic E-state index is 14.7. The van der Waals surface area contributed by atoms with Gasteiger partial charge in [0.15, 0.2) is 0 Å². The van der Waals surface area contributed by atoms with Crippen molar-refractivity contribution in [3.05, 3.63) is 29.1 Å². The first-order valence-electron chi connectivity index (χ1n) is 20.8. The van der Waals surface area contributed by atoms with E-state index in [1.807, 2.05) is 0 Å². The van der Waals surface area contributed by atoms with E-state index in [0.717, 1.165) is 38.5 Å². The second-order valence-corrected chi connectivity index (χ2v) is 14.7. The van der Waals surface area contributed by atoms with E-state index in [0.29, 0.717) is 30.8 Å². The molecule has 1 nitrogen and oxygen atoms in total. The fourth-order valence-corrected chi connectivity index (χ4v) is 7.06. The number of hydrogen-bond donors (Lipinski definition) is 1. The third-order valence-electron chi connectivity index (χ3n) is 10.2. The van der Waals surface area contributed by atoms with E-state index in [-0.39, 0.29) is 0 Å². The predicted molar refractivity (Wildman–Crippen MR) is 196 cm³/mol. The standard InChI is InChI=1S/C42H74F5N/c1-3-5-7-9-11-13-15-17-19-21-23-25-27-29-31-33-35-48(42-40(46)38(44)37(43)39(45)41(42)47)36-34-32-30-28-26-24-22-20-18-16-14-12-10-8-6-4-2/h3-36H2,1-2H3/p+1. The van der Waals surface area contributed by atoms with E-state index in [2.05, 4.69) is 13.8 Å². The van der Waals surface area contributed by atoms with Gasteiger partial charge >= 0.3 is 0 Å². The number of halogens is 5. The first-order chi connectivity index (χ1) is 23.5. The second-order valence-electron chi connectivity index (χ2n) is 14.7. The smallest absolute Gasteiger partial charge is 0.225 e. The number of rotatable bonds is 35. The van der Waals surface area contributed by atoms with Crippen molar-refractivity contribution in [3.8, 4) is 0 Å². The van der Waals surface area contributed by atoms with Gasteiger partial charge in [0.1, 0.15) is 0 Å². The van der Waals surface area contributed by atoms with Gasteiger partial charge in [-0.05, 0) is 25.7 Å². The van der Waals surface area contributed by atoms with Crippen molar-refractivity contribution in [1.82, 2.24) is 0 Å². The monoisotopic (exact) mass is 689 g/mol. The van der Waals surface area contributed by atoms with Crippen LogP contribution in [0.2, 0.25) is 0 Å². The molecule has 1 rings (SSSR count). The van der Waals surface area contributed by atoms with Gasteiger partial charge in [-0.2, -0.15) is 8.78 Å². The topological polar surface area (TPSA) is 4.44 Å². The zero-order chi connectivity index (χ0) is 35.1. The van der Waals surface area contributed by atoms with Gasteiger partial charge in [0.05, 0.1) is 13.1 Å². The van der Waals surface area contributed by atoms with Gasteiger partial charge in [0.2, 0.25) is 34.8 Å². The van der Waals surface area contributed by atoms with Crippen LogP contribution >= 0.6 is 0 Å². The summed E-state index contributed by atoms with van der Waals surface area (Å²) < 4.78 is 71.3. The Labute approximate surface area is 293 Å². The molecule has 0 unspecified atom stereocenters. The minimum Gasteiger partial charge on any atom is -0.297 e. The molecule has 0 saturated heterocycles. The first-order valence-corrected chi connectivity index (χ1v) is 20.8. The Kier molecular flexibility index (Phi) is 29.7. The molecule has 1 N–H and O–H groups in total. The van der Waals surface area contributed by atoms with Crippen LogP contribution in [0, 0.1) is 29.1 Å². The summed E-state index contributed by atoms with van der Waals surface area (Å²) in [6, 6.07) is 0. The second kappa shape index (κ2) is 31.8. The van der Waals surface area contributed by atoms with E-state index >= 15 is 0 Å². The summed E-state index contributed by atoms with van der Waals surface area (Å²) in [5, 5.41) is 0. The largest absolute Gasteiger partial charge is 0.297 e. The summed E-state index contributed by atoms with van der Waals surface area (Å²) in [6.45, 7) is 5.28. The van der Waals surface area contributed by atoms with Gasteiger partial charge in [0.25, 0.3) is 0 Å². The Morgan fingerprint density at radius 2 is 0.458 bits per heavy atom. The van der Waals surface area contributed by atoms with Crippen molar-refractivity contribution in [3.63, 3.8) is 0 Å². The lowest BCUT2D eigenvalue weighted by Gasteiger charge is -2.21. The molecule has 0 aromatic heterocycles. The lowest BCUT2D eigenvalue weighted by Crippen LogP contribution is -3.07. The minimum absolute atomic E-state index is 0.384. The van der Waals surface area contributed by atoms with Crippen LogP contribution in [-0.2, 0) is 0 Å². The maximum atomic E-state index is 14.7. The third-order valence-corrected chi connectivity index (χ3v) is 10.2. The Morgan fingerprint density at radius 1 is 0.271 bits per heavy atom. The third kappa shape index (κ3) is 21.8. The van der Waals surface area contributed by atoms with Gasteiger partial charge in [-0.1, -0.05) is 194 Å². The molecule has 0 aliphatic carbocycles. The van der Waals surface area contributed by atoms with Crippen molar-refractivity contribution in [2.24, 2.45) is 0 Å². The molecule has 1 aromatic rings. The molecule has 282 valence electrons. The number of nitrogens with one attached hydrogen (secondary N) is 1. The van der Waals surface area contributed by atoms with E-state index in [9.17, 15) is 22.0 Å². The molecule has 0 saturated carbocycles.